The maximum absolute atomic E-state index is 12.4. The molecule has 0 fully saturated rings. The van der Waals surface area contributed by atoms with Crippen LogP contribution in [0, 0.1) is 10.1 Å². The fraction of sp³-hybridized carbons (Fsp3) is 0.0667. The second-order valence-electron chi connectivity index (χ2n) is 5.18. The van der Waals surface area contributed by atoms with Gasteiger partial charge < -0.3 is 4.74 Å². The lowest BCUT2D eigenvalue weighted by Crippen LogP contribution is -2.13. The van der Waals surface area contributed by atoms with Crippen LogP contribution in [0.3, 0.4) is 0 Å². The van der Waals surface area contributed by atoms with E-state index in [1.807, 2.05) is 0 Å². The Kier molecular flexibility index (Phi) is 4.30. The highest BCUT2D eigenvalue weighted by Gasteiger charge is 2.18. The number of rotatable bonds is 5. The molecule has 0 amide bonds. The predicted octanol–water partition coefficient (Wildman–Crippen LogP) is 2.06. The van der Waals surface area contributed by atoms with Gasteiger partial charge in [-0.15, -0.1) is 0 Å². The number of benzene rings is 2. The number of carbonyl (C=O) groups is 1. The molecule has 0 bridgehead atoms. The summed E-state index contributed by atoms with van der Waals surface area (Å²) in [5.41, 5.74) is 0.538. The number of nitro groups is 1. The summed E-state index contributed by atoms with van der Waals surface area (Å²) in [5.74, 6) is -0.661. The van der Waals surface area contributed by atoms with Crippen molar-refractivity contribution in [3.05, 3.63) is 58.3 Å². The van der Waals surface area contributed by atoms with Gasteiger partial charge in [-0.3, -0.25) is 19.9 Å². The fourth-order valence-electron chi connectivity index (χ4n) is 2.29. The molecule has 0 spiro atoms. The highest BCUT2D eigenvalue weighted by atomic mass is 32.2. The van der Waals surface area contributed by atoms with E-state index < -0.39 is 20.9 Å². The van der Waals surface area contributed by atoms with Crippen LogP contribution in [0.25, 0.3) is 10.9 Å². The summed E-state index contributed by atoms with van der Waals surface area (Å²) in [5, 5.41) is 17.5. The Balaban J connectivity index is 1.94. The van der Waals surface area contributed by atoms with E-state index in [0.29, 0.717) is 10.9 Å². The van der Waals surface area contributed by atoms with E-state index in [4.69, 9.17) is 0 Å². The molecule has 0 saturated heterocycles. The maximum Gasteiger partial charge on any atom is 0.359 e. The topological polar surface area (TPSA) is 144 Å². The molecular formula is C15H12N4O6S. The van der Waals surface area contributed by atoms with Gasteiger partial charge in [-0.05, 0) is 30.3 Å². The molecule has 0 aliphatic carbocycles. The Bertz CT molecular complexity index is 1100. The van der Waals surface area contributed by atoms with E-state index in [1.54, 1.807) is 6.07 Å². The first kappa shape index (κ1) is 17.4. The van der Waals surface area contributed by atoms with Crippen LogP contribution in [-0.2, 0) is 14.8 Å². The molecule has 2 aromatic carbocycles. The van der Waals surface area contributed by atoms with Gasteiger partial charge in [0.05, 0.1) is 22.4 Å². The average molecular weight is 376 g/mol. The summed E-state index contributed by atoms with van der Waals surface area (Å²) >= 11 is 0. The first-order chi connectivity index (χ1) is 12.3. The Morgan fingerprint density at radius 2 is 1.92 bits per heavy atom. The van der Waals surface area contributed by atoms with Gasteiger partial charge >= 0.3 is 5.97 Å². The minimum Gasteiger partial charge on any atom is -0.464 e. The summed E-state index contributed by atoms with van der Waals surface area (Å²) < 4.78 is 31.9. The molecule has 0 unspecified atom stereocenters. The number of non-ortho nitro benzene ring substituents is 1. The quantitative estimate of drug-likeness (QED) is 0.394. The molecule has 0 atom stereocenters. The number of methoxy groups -OCH3 is 1. The Morgan fingerprint density at radius 1 is 1.23 bits per heavy atom. The van der Waals surface area contributed by atoms with Crippen LogP contribution in [0.5, 0.6) is 0 Å². The monoisotopic (exact) mass is 376 g/mol. The molecule has 0 aliphatic rings. The van der Waals surface area contributed by atoms with E-state index in [1.165, 1.54) is 19.2 Å². The van der Waals surface area contributed by atoms with Gasteiger partial charge in [0, 0.05) is 23.2 Å². The van der Waals surface area contributed by atoms with Crippen molar-refractivity contribution in [3.8, 4) is 0 Å². The minimum absolute atomic E-state index is 0.0267. The number of esters is 1. The second-order valence-corrected chi connectivity index (χ2v) is 6.86. The SMILES string of the molecule is COC(=O)c1n[nH]c2ccc(NS(=O)(=O)c3ccc([N+](=O)[O-])cc3)cc12. The summed E-state index contributed by atoms with van der Waals surface area (Å²) in [6.07, 6.45) is 0. The largest absolute Gasteiger partial charge is 0.464 e. The van der Waals surface area contributed by atoms with Crippen molar-refractivity contribution in [1.29, 1.82) is 0 Å². The van der Waals surface area contributed by atoms with Crippen LogP contribution in [0.15, 0.2) is 47.4 Å². The van der Waals surface area contributed by atoms with Crippen molar-refractivity contribution < 1.29 is 22.9 Å². The van der Waals surface area contributed by atoms with Crippen LogP contribution in [-0.4, -0.2) is 36.6 Å². The van der Waals surface area contributed by atoms with Gasteiger partial charge in [0.15, 0.2) is 5.69 Å². The van der Waals surface area contributed by atoms with Crippen LogP contribution < -0.4 is 4.72 Å². The van der Waals surface area contributed by atoms with E-state index in [-0.39, 0.29) is 22.0 Å². The lowest BCUT2D eigenvalue weighted by molar-refractivity contribution is -0.384. The molecule has 3 rings (SSSR count). The molecule has 2 N–H and O–H groups in total. The zero-order valence-corrected chi connectivity index (χ0v) is 14.1. The molecular weight excluding hydrogens is 364 g/mol. The number of anilines is 1. The number of fused-ring (bicyclic) bond motifs is 1. The van der Waals surface area contributed by atoms with Gasteiger partial charge in [-0.25, -0.2) is 13.2 Å². The van der Waals surface area contributed by atoms with E-state index in [9.17, 15) is 23.3 Å². The van der Waals surface area contributed by atoms with Crippen molar-refractivity contribution in [2.24, 2.45) is 0 Å². The average Bonchev–Trinajstić information content (AvgIpc) is 3.04. The van der Waals surface area contributed by atoms with Crippen molar-refractivity contribution in [3.63, 3.8) is 0 Å². The molecule has 134 valence electrons. The van der Waals surface area contributed by atoms with Crippen molar-refractivity contribution >= 4 is 38.3 Å². The third-order valence-corrected chi connectivity index (χ3v) is 4.95. The molecule has 0 radical (unpaired) electrons. The fourth-order valence-corrected chi connectivity index (χ4v) is 3.34. The zero-order valence-electron chi connectivity index (χ0n) is 13.3. The van der Waals surface area contributed by atoms with Gasteiger partial charge in [0.2, 0.25) is 0 Å². The lowest BCUT2D eigenvalue weighted by atomic mass is 10.2. The van der Waals surface area contributed by atoms with Gasteiger partial charge in [-0.1, -0.05) is 0 Å². The number of hydrogen-bond donors (Lipinski definition) is 2. The standard InChI is InChI=1S/C15H12N4O6S/c1-25-15(20)14-12-8-9(2-7-13(12)16-17-14)18-26(23,24)11-5-3-10(4-6-11)19(21)22/h2-8,18H,1H3,(H,16,17). The number of carbonyl (C=O) groups excluding carboxylic acids is 1. The van der Waals surface area contributed by atoms with Crippen molar-refractivity contribution in [1.82, 2.24) is 10.2 Å². The number of aromatic amines is 1. The number of nitro benzene ring substituents is 1. The second kappa shape index (κ2) is 6.44. The lowest BCUT2D eigenvalue weighted by Gasteiger charge is -2.08. The first-order valence-electron chi connectivity index (χ1n) is 7.15. The van der Waals surface area contributed by atoms with Crippen LogP contribution >= 0.6 is 0 Å². The summed E-state index contributed by atoms with van der Waals surface area (Å²) in [6.45, 7) is 0. The number of aromatic nitrogens is 2. The summed E-state index contributed by atoms with van der Waals surface area (Å²) in [4.78, 5) is 21.6. The number of sulfonamides is 1. The zero-order chi connectivity index (χ0) is 18.9. The number of H-pyrrole nitrogens is 1. The number of hydrogen-bond acceptors (Lipinski definition) is 7. The van der Waals surface area contributed by atoms with Crippen molar-refractivity contribution in [2.75, 3.05) is 11.8 Å². The highest BCUT2D eigenvalue weighted by molar-refractivity contribution is 7.92. The molecule has 10 nitrogen and oxygen atoms in total. The molecule has 1 aromatic heterocycles. The summed E-state index contributed by atoms with van der Waals surface area (Å²) in [6, 6.07) is 8.96. The molecule has 1 heterocycles. The van der Waals surface area contributed by atoms with Crippen LogP contribution in [0.4, 0.5) is 11.4 Å². The van der Waals surface area contributed by atoms with Gasteiger partial charge in [-0.2, -0.15) is 5.10 Å². The number of ether oxygens (including phenoxy) is 1. The Labute approximate surface area is 147 Å². The van der Waals surface area contributed by atoms with E-state index in [2.05, 4.69) is 19.7 Å². The maximum atomic E-state index is 12.4. The molecule has 26 heavy (non-hydrogen) atoms. The molecule has 0 saturated carbocycles. The van der Waals surface area contributed by atoms with E-state index >= 15 is 0 Å². The minimum atomic E-state index is -3.97. The normalized spacial score (nSPS) is 11.3. The predicted molar refractivity (Wildman–Crippen MR) is 91.3 cm³/mol. The Hall–Kier alpha value is -3.47. The molecule has 3 aromatic rings. The third kappa shape index (κ3) is 3.19. The first-order valence-corrected chi connectivity index (χ1v) is 8.64. The number of nitrogens with zero attached hydrogens (tertiary/aromatic N) is 2. The summed E-state index contributed by atoms with van der Waals surface area (Å²) in [7, 11) is -2.75. The molecule has 0 aliphatic heterocycles. The number of nitrogens with one attached hydrogen (secondary N) is 2. The van der Waals surface area contributed by atoms with E-state index in [0.717, 1.165) is 24.3 Å². The van der Waals surface area contributed by atoms with Gasteiger partial charge in [0.25, 0.3) is 15.7 Å². The van der Waals surface area contributed by atoms with Crippen LogP contribution in [0.1, 0.15) is 10.5 Å². The van der Waals surface area contributed by atoms with Crippen LogP contribution in [0.2, 0.25) is 0 Å². The third-order valence-electron chi connectivity index (χ3n) is 3.55. The van der Waals surface area contributed by atoms with Crippen molar-refractivity contribution in [2.45, 2.75) is 4.90 Å². The smallest absolute Gasteiger partial charge is 0.359 e. The highest BCUT2D eigenvalue weighted by Crippen LogP contribution is 2.24. The Morgan fingerprint density at radius 3 is 2.54 bits per heavy atom. The van der Waals surface area contributed by atoms with Gasteiger partial charge in [0.1, 0.15) is 0 Å². The molecule has 11 heteroatoms.